The van der Waals surface area contributed by atoms with Gasteiger partial charge in [-0.15, -0.1) is 11.6 Å². The molecule has 1 aromatic heterocycles. The quantitative estimate of drug-likeness (QED) is 0.629. The number of aromatic amines is 1. The first-order valence-electron chi connectivity index (χ1n) is 5.90. The van der Waals surface area contributed by atoms with E-state index < -0.39 is 47.3 Å². The lowest BCUT2D eigenvalue weighted by Gasteiger charge is -2.31. The van der Waals surface area contributed by atoms with Crippen LogP contribution in [0.5, 0.6) is 0 Å². The zero-order valence-corrected chi connectivity index (χ0v) is 11.2. The third-order valence-corrected chi connectivity index (χ3v) is 3.91. The second-order valence-corrected chi connectivity index (χ2v) is 5.15. The molecule has 1 saturated heterocycles. The molecule has 5 atom stereocenters. The van der Waals surface area contributed by atoms with Crippen molar-refractivity contribution in [2.24, 2.45) is 0 Å². The Morgan fingerprint density at radius 3 is 2.75 bits per heavy atom. The maximum atomic E-state index is 13.7. The van der Waals surface area contributed by atoms with Crippen molar-refractivity contribution in [2.45, 2.75) is 36.4 Å². The Labute approximate surface area is 117 Å². The number of nitrogens with zero attached hydrogens (tertiary/aromatic N) is 1. The minimum atomic E-state index is -1.91. The number of aromatic nitrogens is 2. The van der Waals surface area contributed by atoms with E-state index in [9.17, 15) is 24.2 Å². The molecule has 0 bridgehead atoms. The fourth-order valence-corrected chi connectivity index (χ4v) is 2.59. The van der Waals surface area contributed by atoms with E-state index in [0.717, 1.165) is 23.8 Å². The molecule has 20 heavy (non-hydrogen) atoms. The van der Waals surface area contributed by atoms with Crippen molar-refractivity contribution in [3.63, 3.8) is 0 Å². The SMILES string of the molecule is CC(F)[C@]1(CO)O[C@H](n2ccc(=O)[nH]c2=O)[C@H](Cl)[C@@H]1O. The fraction of sp³-hybridized carbons (Fsp3) is 0.636. The molecular formula is C11H14ClFN2O5. The van der Waals surface area contributed by atoms with Crippen molar-refractivity contribution >= 4 is 11.6 Å². The van der Waals surface area contributed by atoms with Gasteiger partial charge in [0, 0.05) is 12.3 Å². The minimum absolute atomic E-state index is 0.608. The summed E-state index contributed by atoms with van der Waals surface area (Å²) in [7, 11) is 0. The van der Waals surface area contributed by atoms with Crippen LogP contribution in [-0.2, 0) is 4.74 Å². The number of nitrogens with one attached hydrogen (secondary N) is 1. The molecule has 0 saturated carbocycles. The van der Waals surface area contributed by atoms with Crippen molar-refractivity contribution in [3.8, 4) is 0 Å². The Morgan fingerprint density at radius 2 is 2.30 bits per heavy atom. The summed E-state index contributed by atoms with van der Waals surface area (Å²) < 4.78 is 19.9. The molecule has 9 heteroatoms. The summed E-state index contributed by atoms with van der Waals surface area (Å²) in [5, 5.41) is 18.2. The lowest BCUT2D eigenvalue weighted by molar-refractivity contribution is -0.161. The highest BCUT2D eigenvalue weighted by Gasteiger charge is 2.58. The van der Waals surface area contributed by atoms with E-state index in [-0.39, 0.29) is 0 Å². The van der Waals surface area contributed by atoms with Crippen LogP contribution < -0.4 is 11.2 Å². The number of hydrogen-bond donors (Lipinski definition) is 3. The maximum absolute atomic E-state index is 13.7. The predicted octanol–water partition coefficient (Wildman–Crippen LogP) is -0.877. The number of halogens is 2. The third-order valence-electron chi connectivity index (χ3n) is 3.46. The topological polar surface area (TPSA) is 105 Å². The maximum Gasteiger partial charge on any atom is 0.330 e. The van der Waals surface area contributed by atoms with Gasteiger partial charge in [0.15, 0.2) is 11.8 Å². The van der Waals surface area contributed by atoms with Crippen LogP contribution in [0.2, 0.25) is 0 Å². The molecule has 0 amide bonds. The zero-order chi connectivity index (χ0) is 15.1. The zero-order valence-electron chi connectivity index (χ0n) is 10.5. The van der Waals surface area contributed by atoms with E-state index in [1.165, 1.54) is 0 Å². The summed E-state index contributed by atoms with van der Waals surface area (Å²) in [4.78, 5) is 24.7. The molecule has 0 aliphatic carbocycles. The van der Waals surface area contributed by atoms with E-state index in [4.69, 9.17) is 16.3 Å². The average Bonchev–Trinajstić information content (AvgIpc) is 2.64. The van der Waals surface area contributed by atoms with Gasteiger partial charge in [-0.05, 0) is 6.92 Å². The molecule has 112 valence electrons. The van der Waals surface area contributed by atoms with Gasteiger partial charge in [0.05, 0.1) is 6.61 Å². The lowest BCUT2D eigenvalue weighted by atomic mass is 9.93. The first-order chi connectivity index (χ1) is 9.33. The smallest absolute Gasteiger partial charge is 0.330 e. The van der Waals surface area contributed by atoms with Crippen LogP contribution in [-0.4, -0.2) is 49.6 Å². The average molecular weight is 309 g/mol. The van der Waals surface area contributed by atoms with Gasteiger partial charge < -0.3 is 14.9 Å². The molecule has 0 aromatic carbocycles. The normalized spacial score (nSPS) is 35.1. The van der Waals surface area contributed by atoms with Crippen LogP contribution >= 0.6 is 11.6 Å². The molecule has 0 radical (unpaired) electrons. The Balaban J connectivity index is 2.45. The van der Waals surface area contributed by atoms with Crippen LogP contribution in [0, 0.1) is 0 Å². The molecule has 1 aliphatic heterocycles. The highest BCUT2D eigenvalue weighted by Crippen LogP contribution is 2.42. The van der Waals surface area contributed by atoms with E-state index in [0.29, 0.717) is 0 Å². The van der Waals surface area contributed by atoms with E-state index >= 15 is 0 Å². The second kappa shape index (κ2) is 5.28. The molecule has 0 spiro atoms. The van der Waals surface area contributed by atoms with E-state index in [1.807, 2.05) is 4.98 Å². The first kappa shape index (κ1) is 15.2. The van der Waals surface area contributed by atoms with Gasteiger partial charge in [-0.2, -0.15) is 0 Å². The molecule has 1 fully saturated rings. The number of rotatable bonds is 3. The van der Waals surface area contributed by atoms with Crippen LogP contribution in [0.25, 0.3) is 0 Å². The Kier molecular flexibility index (Phi) is 4.01. The van der Waals surface area contributed by atoms with Crippen LogP contribution in [0.15, 0.2) is 21.9 Å². The van der Waals surface area contributed by atoms with Crippen molar-refractivity contribution in [1.29, 1.82) is 0 Å². The molecule has 7 nitrogen and oxygen atoms in total. The number of H-pyrrole nitrogens is 1. The molecule has 3 N–H and O–H groups in total. The number of aliphatic hydroxyl groups is 2. The van der Waals surface area contributed by atoms with Gasteiger partial charge in [0.25, 0.3) is 5.56 Å². The summed E-state index contributed by atoms with van der Waals surface area (Å²) in [6.45, 7) is 0.310. The number of ether oxygens (including phenoxy) is 1. The molecular weight excluding hydrogens is 295 g/mol. The molecule has 1 aromatic rings. The minimum Gasteiger partial charge on any atom is -0.393 e. The predicted molar refractivity (Wildman–Crippen MR) is 67.5 cm³/mol. The molecule has 1 aliphatic rings. The van der Waals surface area contributed by atoms with Gasteiger partial charge in [0.1, 0.15) is 17.7 Å². The summed E-state index contributed by atoms with van der Waals surface area (Å²) in [6.07, 6.45) is -3.31. The molecule has 2 heterocycles. The number of aliphatic hydroxyl groups excluding tert-OH is 2. The summed E-state index contributed by atoms with van der Waals surface area (Å²) >= 11 is 5.98. The van der Waals surface area contributed by atoms with Crippen molar-refractivity contribution < 1.29 is 19.3 Å². The summed E-state index contributed by atoms with van der Waals surface area (Å²) in [6, 6.07) is 1.07. The van der Waals surface area contributed by atoms with E-state index in [2.05, 4.69) is 0 Å². The van der Waals surface area contributed by atoms with Gasteiger partial charge in [-0.3, -0.25) is 14.3 Å². The monoisotopic (exact) mass is 308 g/mol. The second-order valence-electron chi connectivity index (χ2n) is 4.64. The lowest BCUT2D eigenvalue weighted by Crippen LogP contribution is -2.51. The van der Waals surface area contributed by atoms with Gasteiger partial charge in [-0.25, -0.2) is 9.18 Å². The highest BCUT2D eigenvalue weighted by molar-refractivity contribution is 6.21. The molecule has 1 unspecified atom stereocenters. The first-order valence-corrected chi connectivity index (χ1v) is 6.33. The van der Waals surface area contributed by atoms with Crippen LogP contribution in [0.1, 0.15) is 13.2 Å². The van der Waals surface area contributed by atoms with Gasteiger partial charge in [-0.1, -0.05) is 0 Å². The number of alkyl halides is 2. The standard InChI is InChI=1S/C11H14ClFN2O5/c1-5(13)11(4-16)8(18)7(12)9(20-11)15-3-2-6(17)14-10(15)19/h2-3,5,7-9,16,18H,4H2,1H3,(H,14,17,19)/t5?,7-,8+,9+,11+/m1/s1. The van der Waals surface area contributed by atoms with Gasteiger partial charge >= 0.3 is 5.69 Å². The fourth-order valence-electron chi connectivity index (χ4n) is 2.21. The largest absolute Gasteiger partial charge is 0.393 e. The third kappa shape index (κ3) is 2.18. The summed E-state index contributed by atoms with van der Waals surface area (Å²) in [5.41, 5.74) is -3.32. The number of hydrogen-bond acceptors (Lipinski definition) is 5. The van der Waals surface area contributed by atoms with Gasteiger partial charge in [0.2, 0.25) is 0 Å². The highest BCUT2D eigenvalue weighted by atomic mass is 35.5. The Morgan fingerprint density at radius 1 is 1.65 bits per heavy atom. The van der Waals surface area contributed by atoms with Crippen molar-refractivity contribution in [2.75, 3.05) is 6.61 Å². The summed E-state index contributed by atoms with van der Waals surface area (Å²) in [5.74, 6) is 0. The van der Waals surface area contributed by atoms with E-state index in [1.54, 1.807) is 0 Å². The van der Waals surface area contributed by atoms with Crippen LogP contribution in [0.3, 0.4) is 0 Å². The van der Waals surface area contributed by atoms with Crippen LogP contribution in [0.4, 0.5) is 4.39 Å². The Hall–Kier alpha value is -1.22. The van der Waals surface area contributed by atoms with Crippen molar-refractivity contribution in [3.05, 3.63) is 33.1 Å². The van der Waals surface area contributed by atoms with Crippen molar-refractivity contribution in [1.82, 2.24) is 9.55 Å². The Bertz CT molecular complexity index is 603. The molecule has 2 rings (SSSR count).